The third kappa shape index (κ3) is 6.22. The minimum atomic E-state index is -1.02. The van der Waals surface area contributed by atoms with E-state index in [1.807, 2.05) is 30.3 Å². The first-order chi connectivity index (χ1) is 12.5. The molecule has 2 aromatic carbocycles. The van der Waals surface area contributed by atoms with Gasteiger partial charge in [-0.05, 0) is 24.6 Å². The molecular formula is C19H19ClN2O4. The fourth-order valence-electron chi connectivity index (χ4n) is 2.10. The highest BCUT2D eigenvalue weighted by Gasteiger charge is 2.19. The number of para-hydroxylation sites is 1. The minimum absolute atomic E-state index is 0.163. The van der Waals surface area contributed by atoms with Crippen molar-refractivity contribution in [3.8, 4) is 0 Å². The first-order valence-corrected chi connectivity index (χ1v) is 8.39. The van der Waals surface area contributed by atoms with Crippen LogP contribution in [0.25, 0.3) is 0 Å². The summed E-state index contributed by atoms with van der Waals surface area (Å²) in [6.07, 6.45) is -0.860. The first kappa shape index (κ1) is 19.5. The zero-order valence-corrected chi connectivity index (χ0v) is 15.0. The molecule has 136 valence electrons. The predicted octanol–water partition coefficient (Wildman–Crippen LogP) is 2.57. The van der Waals surface area contributed by atoms with Crippen LogP contribution in [0.15, 0.2) is 54.6 Å². The first-order valence-electron chi connectivity index (χ1n) is 8.01. The molecule has 6 nitrogen and oxygen atoms in total. The Morgan fingerprint density at radius 1 is 1.04 bits per heavy atom. The number of amides is 2. The van der Waals surface area contributed by atoms with Crippen LogP contribution in [-0.2, 0) is 25.5 Å². The Kier molecular flexibility index (Phi) is 7.17. The van der Waals surface area contributed by atoms with E-state index in [4.69, 9.17) is 16.3 Å². The number of ether oxygens (including phenoxy) is 1. The lowest BCUT2D eigenvalue weighted by Crippen LogP contribution is -2.36. The van der Waals surface area contributed by atoms with E-state index in [1.165, 1.54) is 6.92 Å². The average Bonchev–Trinajstić information content (AvgIpc) is 2.62. The summed E-state index contributed by atoms with van der Waals surface area (Å²) in [6, 6.07) is 15.9. The molecule has 0 radical (unpaired) electrons. The molecule has 0 aromatic heterocycles. The molecular weight excluding hydrogens is 356 g/mol. The second-order valence-corrected chi connectivity index (χ2v) is 5.95. The summed E-state index contributed by atoms with van der Waals surface area (Å²) in [5, 5.41) is 5.43. The van der Waals surface area contributed by atoms with Crippen LogP contribution in [0.2, 0.25) is 5.02 Å². The summed E-state index contributed by atoms with van der Waals surface area (Å²) in [5.41, 5.74) is 1.27. The van der Waals surface area contributed by atoms with Crippen LogP contribution in [0.5, 0.6) is 0 Å². The number of benzene rings is 2. The maximum atomic E-state index is 12.0. The minimum Gasteiger partial charge on any atom is -0.451 e. The molecule has 0 saturated carbocycles. The van der Waals surface area contributed by atoms with Crippen molar-refractivity contribution >= 4 is 35.1 Å². The number of halogens is 1. The molecule has 1 atom stereocenters. The van der Waals surface area contributed by atoms with Crippen LogP contribution in [-0.4, -0.2) is 30.4 Å². The molecule has 0 heterocycles. The van der Waals surface area contributed by atoms with E-state index in [0.29, 0.717) is 10.7 Å². The highest BCUT2D eigenvalue weighted by molar-refractivity contribution is 6.33. The van der Waals surface area contributed by atoms with Crippen LogP contribution < -0.4 is 10.6 Å². The van der Waals surface area contributed by atoms with Crippen molar-refractivity contribution in [1.82, 2.24) is 5.32 Å². The van der Waals surface area contributed by atoms with Gasteiger partial charge in [-0.1, -0.05) is 54.1 Å². The molecule has 0 aliphatic rings. The molecule has 0 fully saturated rings. The number of esters is 1. The molecule has 2 aromatic rings. The second-order valence-electron chi connectivity index (χ2n) is 5.54. The quantitative estimate of drug-likeness (QED) is 0.729. The fraction of sp³-hybridized carbons (Fsp3) is 0.211. The number of rotatable bonds is 7. The SMILES string of the molecule is C[C@H](OC(=O)CNC(=O)Cc1ccccc1)C(=O)Nc1ccccc1Cl. The number of hydrogen-bond donors (Lipinski definition) is 2. The Labute approximate surface area is 156 Å². The van der Waals surface area contributed by atoms with E-state index in [1.54, 1.807) is 24.3 Å². The number of nitrogens with one attached hydrogen (secondary N) is 2. The molecule has 26 heavy (non-hydrogen) atoms. The molecule has 0 spiro atoms. The lowest BCUT2D eigenvalue weighted by atomic mass is 10.1. The zero-order chi connectivity index (χ0) is 18.9. The Morgan fingerprint density at radius 3 is 2.38 bits per heavy atom. The number of carbonyl (C=O) groups is 3. The lowest BCUT2D eigenvalue weighted by molar-refractivity contribution is -0.152. The van der Waals surface area contributed by atoms with Gasteiger partial charge in [-0.25, -0.2) is 0 Å². The summed E-state index contributed by atoms with van der Waals surface area (Å²) in [5.74, 6) is -1.52. The van der Waals surface area contributed by atoms with E-state index < -0.39 is 18.0 Å². The van der Waals surface area contributed by atoms with Crippen molar-refractivity contribution in [3.05, 3.63) is 65.2 Å². The maximum Gasteiger partial charge on any atom is 0.326 e. The number of carbonyl (C=O) groups excluding carboxylic acids is 3. The van der Waals surface area contributed by atoms with Crippen molar-refractivity contribution in [2.24, 2.45) is 0 Å². The molecule has 2 amide bonds. The summed E-state index contributed by atoms with van der Waals surface area (Å²) in [6.45, 7) is 1.13. The van der Waals surface area contributed by atoms with Gasteiger partial charge in [-0.15, -0.1) is 0 Å². The van der Waals surface area contributed by atoms with Gasteiger partial charge in [-0.3, -0.25) is 14.4 Å². The maximum absolute atomic E-state index is 12.0. The van der Waals surface area contributed by atoms with Crippen molar-refractivity contribution in [3.63, 3.8) is 0 Å². The predicted molar refractivity (Wildman–Crippen MR) is 98.8 cm³/mol. The van der Waals surface area contributed by atoms with Crippen molar-refractivity contribution in [2.45, 2.75) is 19.4 Å². The fourth-order valence-corrected chi connectivity index (χ4v) is 2.29. The molecule has 0 aliphatic heterocycles. The van der Waals surface area contributed by atoms with E-state index in [9.17, 15) is 14.4 Å². The largest absolute Gasteiger partial charge is 0.451 e. The van der Waals surface area contributed by atoms with E-state index in [2.05, 4.69) is 10.6 Å². The molecule has 2 rings (SSSR count). The van der Waals surface area contributed by atoms with Crippen LogP contribution >= 0.6 is 11.6 Å². The van der Waals surface area contributed by atoms with Gasteiger partial charge in [-0.2, -0.15) is 0 Å². The Morgan fingerprint density at radius 2 is 1.69 bits per heavy atom. The number of hydrogen-bond acceptors (Lipinski definition) is 4. The third-order valence-corrected chi connectivity index (χ3v) is 3.78. The van der Waals surface area contributed by atoms with Crippen LogP contribution in [0.1, 0.15) is 12.5 Å². The molecule has 2 N–H and O–H groups in total. The number of anilines is 1. The van der Waals surface area contributed by atoms with Gasteiger partial charge in [0.15, 0.2) is 6.10 Å². The monoisotopic (exact) mass is 374 g/mol. The van der Waals surface area contributed by atoms with Gasteiger partial charge < -0.3 is 15.4 Å². The van der Waals surface area contributed by atoms with Gasteiger partial charge in [0, 0.05) is 0 Å². The van der Waals surface area contributed by atoms with Crippen LogP contribution in [0.3, 0.4) is 0 Å². The van der Waals surface area contributed by atoms with Gasteiger partial charge in [0.2, 0.25) is 5.91 Å². The molecule has 7 heteroatoms. The highest BCUT2D eigenvalue weighted by Crippen LogP contribution is 2.20. The van der Waals surface area contributed by atoms with Crippen molar-refractivity contribution in [2.75, 3.05) is 11.9 Å². The molecule has 0 saturated heterocycles. The lowest BCUT2D eigenvalue weighted by Gasteiger charge is -2.14. The van der Waals surface area contributed by atoms with E-state index in [-0.39, 0.29) is 18.9 Å². The highest BCUT2D eigenvalue weighted by atomic mass is 35.5. The van der Waals surface area contributed by atoms with Gasteiger partial charge >= 0.3 is 5.97 Å². The van der Waals surface area contributed by atoms with E-state index >= 15 is 0 Å². The third-order valence-electron chi connectivity index (χ3n) is 3.45. The smallest absolute Gasteiger partial charge is 0.326 e. The Bertz CT molecular complexity index is 780. The Balaban J connectivity index is 1.75. The Hall–Kier alpha value is -2.86. The topological polar surface area (TPSA) is 84.5 Å². The molecule has 0 bridgehead atoms. The van der Waals surface area contributed by atoms with Crippen LogP contribution in [0, 0.1) is 0 Å². The van der Waals surface area contributed by atoms with Gasteiger partial charge in [0.05, 0.1) is 17.1 Å². The summed E-state index contributed by atoms with van der Waals surface area (Å²) >= 11 is 5.96. The zero-order valence-electron chi connectivity index (χ0n) is 14.2. The normalized spacial score (nSPS) is 11.3. The second kappa shape index (κ2) is 9.58. The average molecular weight is 375 g/mol. The van der Waals surface area contributed by atoms with Gasteiger partial charge in [0.1, 0.15) is 6.54 Å². The molecule has 0 aliphatic carbocycles. The van der Waals surface area contributed by atoms with Gasteiger partial charge in [0.25, 0.3) is 5.91 Å². The van der Waals surface area contributed by atoms with Crippen LogP contribution in [0.4, 0.5) is 5.69 Å². The van der Waals surface area contributed by atoms with Crippen molar-refractivity contribution < 1.29 is 19.1 Å². The summed E-state index contributed by atoms with van der Waals surface area (Å²) in [4.78, 5) is 35.6. The summed E-state index contributed by atoms with van der Waals surface area (Å²) < 4.78 is 5.02. The van der Waals surface area contributed by atoms with Crippen molar-refractivity contribution in [1.29, 1.82) is 0 Å². The summed E-state index contributed by atoms with van der Waals surface area (Å²) in [7, 11) is 0. The standard InChI is InChI=1S/C19H19ClN2O4/c1-13(19(25)22-16-10-6-5-9-15(16)20)26-18(24)12-21-17(23)11-14-7-3-2-4-8-14/h2-10,13H,11-12H2,1H3,(H,21,23)(H,22,25)/t13-/m0/s1. The molecule has 0 unspecified atom stereocenters. The van der Waals surface area contributed by atoms with E-state index in [0.717, 1.165) is 5.56 Å².